The average molecular weight is 542 g/mol. The molecule has 0 radical (unpaired) electrons. The van der Waals surface area contributed by atoms with E-state index in [9.17, 15) is 20.0 Å². The molecule has 5 rings (SSSR count). The Kier molecular flexibility index (Phi) is 7.32. The van der Waals surface area contributed by atoms with Crippen LogP contribution in [0.1, 0.15) is 81.8 Å². The largest absolute Gasteiger partial charge is 0.465 e. The first-order valence-electron chi connectivity index (χ1n) is 13.9. The van der Waals surface area contributed by atoms with Gasteiger partial charge in [0.15, 0.2) is 5.65 Å². The zero-order valence-electron chi connectivity index (χ0n) is 23.7. The minimum atomic E-state index is -0.973. The van der Waals surface area contributed by atoms with Gasteiger partial charge in [0.05, 0.1) is 28.0 Å². The van der Waals surface area contributed by atoms with Crippen LogP contribution in [0.3, 0.4) is 0 Å². The molecule has 3 aromatic rings. The molecule has 4 heterocycles. The molecule has 0 bridgehead atoms. The van der Waals surface area contributed by atoms with Crippen molar-refractivity contribution in [3.05, 3.63) is 57.4 Å². The number of nitriles is 1. The Balaban J connectivity index is 1.84. The number of allylic oxidation sites excluding steroid dienone is 2. The third kappa shape index (κ3) is 4.70. The summed E-state index contributed by atoms with van der Waals surface area (Å²) < 4.78 is 1.55. The molecule has 1 amide bonds. The lowest BCUT2D eigenvalue weighted by molar-refractivity contribution is 0.114. The number of piperazine rings is 1. The van der Waals surface area contributed by atoms with E-state index in [1.54, 1.807) is 16.8 Å². The van der Waals surface area contributed by atoms with Crippen LogP contribution >= 0.6 is 0 Å². The molecular formula is C30H35N7O3. The molecule has 10 nitrogen and oxygen atoms in total. The van der Waals surface area contributed by atoms with Crippen molar-refractivity contribution in [2.45, 2.75) is 78.3 Å². The zero-order valence-corrected chi connectivity index (χ0v) is 23.7. The first-order valence-corrected chi connectivity index (χ1v) is 13.9. The van der Waals surface area contributed by atoms with Gasteiger partial charge in [-0.3, -0.25) is 4.98 Å². The van der Waals surface area contributed by atoms with E-state index in [1.807, 2.05) is 45.6 Å². The van der Waals surface area contributed by atoms with Crippen LogP contribution in [-0.2, 0) is 0 Å². The summed E-state index contributed by atoms with van der Waals surface area (Å²) in [6, 6.07) is 5.46. The normalized spacial score (nSPS) is 19.6. The standard InChI is InChI=1S/C30H35N7O3/c1-17(2)24-26(18(3)11-12-32-24)37-28-23(13-22(14-31)25(33-28)21-9-7-6-8-10-21)27(34-29(37)38)35-15-20(5)36(30(39)40)16-19(35)4/h9,11-13,17,19-20H,6-8,10,15-16H2,1-5H3,(H,39,40)/t19-,20+/m0/s1. The number of hydrogen-bond donors (Lipinski definition) is 1. The monoisotopic (exact) mass is 541 g/mol. The Labute approximate surface area is 233 Å². The highest BCUT2D eigenvalue weighted by Gasteiger charge is 2.34. The number of pyridine rings is 2. The topological polar surface area (TPSA) is 128 Å². The number of amides is 1. The highest BCUT2D eigenvalue weighted by atomic mass is 16.4. The number of nitrogens with zero attached hydrogens (tertiary/aromatic N) is 7. The molecular weight excluding hydrogens is 506 g/mol. The van der Waals surface area contributed by atoms with E-state index in [4.69, 9.17) is 4.98 Å². The van der Waals surface area contributed by atoms with E-state index in [2.05, 4.69) is 22.1 Å². The van der Waals surface area contributed by atoms with Crippen LogP contribution in [0.4, 0.5) is 10.6 Å². The van der Waals surface area contributed by atoms with Crippen molar-refractivity contribution in [2.24, 2.45) is 0 Å². The molecule has 3 aromatic heterocycles. The van der Waals surface area contributed by atoms with E-state index in [0.29, 0.717) is 40.3 Å². The van der Waals surface area contributed by atoms with Crippen molar-refractivity contribution in [1.29, 1.82) is 5.26 Å². The second kappa shape index (κ2) is 10.7. The van der Waals surface area contributed by atoms with Crippen LogP contribution in [-0.4, -0.2) is 60.8 Å². The Hall–Kier alpha value is -4.26. The van der Waals surface area contributed by atoms with Crippen LogP contribution in [0.25, 0.3) is 22.3 Å². The highest BCUT2D eigenvalue weighted by molar-refractivity contribution is 5.91. The molecule has 1 aliphatic carbocycles. The molecule has 2 aliphatic rings. The van der Waals surface area contributed by atoms with Crippen LogP contribution in [0.2, 0.25) is 0 Å². The third-order valence-corrected chi connectivity index (χ3v) is 7.99. The molecule has 1 saturated heterocycles. The molecule has 208 valence electrons. The van der Waals surface area contributed by atoms with Gasteiger partial charge >= 0.3 is 11.8 Å². The molecule has 2 atom stereocenters. The lowest BCUT2D eigenvalue weighted by Gasteiger charge is -2.43. The summed E-state index contributed by atoms with van der Waals surface area (Å²) >= 11 is 0. The second-order valence-corrected chi connectivity index (χ2v) is 11.2. The smallest absolute Gasteiger partial charge is 0.407 e. The second-order valence-electron chi connectivity index (χ2n) is 11.2. The zero-order chi connectivity index (χ0) is 28.7. The van der Waals surface area contributed by atoms with E-state index in [-0.39, 0.29) is 24.5 Å². The van der Waals surface area contributed by atoms with Gasteiger partial charge in [0.1, 0.15) is 11.9 Å². The van der Waals surface area contributed by atoms with E-state index < -0.39 is 11.8 Å². The fourth-order valence-corrected chi connectivity index (χ4v) is 5.91. The molecule has 40 heavy (non-hydrogen) atoms. The Bertz CT molecular complexity index is 1620. The maximum atomic E-state index is 14.0. The van der Waals surface area contributed by atoms with Gasteiger partial charge in [-0.15, -0.1) is 0 Å². The van der Waals surface area contributed by atoms with E-state index in [0.717, 1.165) is 42.5 Å². The quantitative estimate of drug-likeness (QED) is 0.488. The van der Waals surface area contributed by atoms with Crippen molar-refractivity contribution in [1.82, 2.24) is 24.4 Å². The fraction of sp³-hybridized carbons (Fsp3) is 0.467. The first kappa shape index (κ1) is 27.3. The van der Waals surface area contributed by atoms with Gasteiger partial charge in [-0.25, -0.2) is 19.1 Å². The predicted molar refractivity (Wildman–Crippen MR) is 154 cm³/mol. The number of carbonyl (C=O) groups is 1. The number of anilines is 1. The summed E-state index contributed by atoms with van der Waals surface area (Å²) in [6.07, 6.45) is 6.79. The van der Waals surface area contributed by atoms with Gasteiger partial charge in [0, 0.05) is 31.4 Å². The minimum Gasteiger partial charge on any atom is -0.465 e. The molecule has 0 aromatic carbocycles. The molecule has 1 fully saturated rings. The Morgan fingerprint density at radius 3 is 2.60 bits per heavy atom. The number of rotatable bonds is 4. The predicted octanol–water partition coefficient (Wildman–Crippen LogP) is 5.01. The van der Waals surface area contributed by atoms with Gasteiger partial charge in [-0.2, -0.15) is 10.2 Å². The minimum absolute atomic E-state index is 0.0420. The summed E-state index contributed by atoms with van der Waals surface area (Å²) in [5.41, 5.74) is 4.29. The number of carboxylic acid groups (broad SMARTS) is 1. The van der Waals surface area contributed by atoms with Gasteiger partial charge in [-0.05, 0) is 75.6 Å². The van der Waals surface area contributed by atoms with E-state index >= 15 is 0 Å². The van der Waals surface area contributed by atoms with Crippen molar-refractivity contribution >= 4 is 28.5 Å². The lowest BCUT2D eigenvalue weighted by Crippen LogP contribution is -2.58. The number of hydrogen-bond acceptors (Lipinski definition) is 7. The maximum absolute atomic E-state index is 14.0. The van der Waals surface area contributed by atoms with Crippen molar-refractivity contribution in [3.8, 4) is 11.8 Å². The van der Waals surface area contributed by atoms with Crippen molar-refractivity contribution in [3.63, 3.8) is 0 Å². The maximum Gasteiger partial charge on any atom is 0.407 e. The summed E-state index contributed by atoms with van der Waals surface area (Å²) in [6.45, 7) is 10.4. The van der Waals surface area contributed by atoms with Gasteiger partial charge in [-0.1, -0.05) is 19.9 Å². The Morgan fingerprint density at radius 1 is 1.18 bits per heavy atom. The summed E-state index contributed by atoms with van der Waals surface area (Å²) in [5.74, 6) is 0.460. The average Bonchev–Trinajstić information content (AvgIpc) is 2.93. The first-order chi connectivity index (χ1) is 19.1. The molecule has 0 saturated carbocycles. The van der Waals surface area contributed by atoms with E-state index in [1.165, 1.54) is 4.90 Å². The molecule has 1 N–H and O–H groups in total. The van der Waals surface area contributed by atoms with Crippen LogP contribution in [0.15, 0.2) is 29.2 Å². The number of fused-ring (bicyclic) bond motifs is 1. The fourth-order valence-electron chi connectivity index (χ4n) is 5.91. The lowest BCUT2D eigenvalue weighted by atomic mass is 9.94. The third-order valence-electron chi connectivity index (χ3n) is 7.99. The number of aryl methyl sites for hydroxylation is 1. The van der Waals surface area contributed by atoms with Gasteiger partial charge < -0.3 is 14.9 Å². The summed E-state index contributed by atoms with van der Waals surface area (Å²) in [4.78, 5) is 43.4. The highest BCUT2D eigenvalue weighted by Crippen LogP contribution is 2.35. The SMILES string of the molecule is Cc1ccnc(C(C)C)c1-n1c(=O)nc(N2C[C@@H](C)N(C(=O)O)C[C@@H]2C)c2cc(C#N)c(C3=CCCCC3)nc21. The van der Waals surface area contributed by atoms with Crippen LogP contribution in [0, 0.1) is 18.3 Å². The Morgan fingerprint density at radius 2 is 1.95 bits per heavy atom. The van der Waals surface area contributed by atoms with Crippen molar-refractivity contribution < 1.29 is 9.90 Å². The van der Waals surface area contributed by atoms with Crippen LogP contribution in [0.5, 0.6) is 0 Å². The van der Waals surface area contributed by atoms with Gasteiger partial charge in [0.2, 0.25) is 0 Å². The molecule has 1 aliphatic heterocycles. The van der Waals surface area contributed by atoms with Crippen molar-refractivity contribution in [2.75, 3.05) is 18.0 Å². The van der Waals surface area contributed by atoms with Gasteiger partial charge in [0.25, 0.3) is 0 Å². The molecule has 10 heteroatoms. The summed E-state index contributed by atoms with van der Waals surface area (Å²) in [5, 5.41) is 20.4. The number of aromatic nitrogens is 4. The summed E-state index contributed by atoms with van der Waals surface area (Å²) in [7, 11) is 0. The molecule has 0 unspecified atom stereocenters. The molecule has 0 spiro atoms. The van der Waals surface area contributed by atoms with Crippen LogP contribution < -0.4 is 10.6 Å².